The highest BCUT2D eigenvalue weighted by Crippen LogP contribution is 2.24. The van der Waals surface area contributed by atoms with Crippen molar-refractivity contribution in [2.45, 2.75) is 52.0 Å². The van der Waals surface area contributed by atoms with Gasteiger partial charge in [0.1, 0.15) is 0 Å². The molecule has 5 nitrogen and oxygen atoms in total. The van der Waals surface area contributed by atoms with Crippen LogP contribution in [0.3, 0.4) is 0 Å². The molecule has 1 aliphatic heterocycles. The number of carbonyl (C=O) groups is 2. The second kappa shape index (κ2) is 8.13. The zero-order valence-electron chi connectivity index (χ0n) is 17.1. The maximum atomic E-state index is 12.7. The van der Waals surface area contributed by atoms with Crippen LogP contribution in [0.4, 0.5) is 0 Å². The van der Waals surface area contributed by atoms with E-state index in [9.17, 15) is 9.59 Å². The van der Waals surface area contributed by atoms with Gasteiger partial charge in [0, 0.05) is 31.9 Å². The number of aromatic nitrogens is 1. The van der Waals surface area contributed by atoms with E-state index < -0.39 is 0 Å². The van der Waals surface area contributed by atoms with Crippen LogP contribution in [0.25, 0.3) is 0 Å². The number of fused-ring (bicyclic) bond motifs is 1. The first-order valence-corrected chi connectivity index (χ1v) is 9.71. The van der Waals surface area contributed by atoms with Crippen LogP contribution < -0.4 is 0 Å². The molecule has 0 bridgehead atoms. The van der Waals surface area contributed by atoms with Crippen molar-refractivity contribution in [3.05, 3.63) is 64.5 Å². The van der Waals surface area contributed by atoms with Gasteiger partial charge in [0.2, 0.25) is 5.91 Å². The number of aryl methyl sites for hydroxylation is 1. The van der Waals surface area contributed by atoms with Crippen molar-refractivity contribution >= 4 is 11.9 Å². The lowest BCUT2D eigenvalue weighted by Gasteiger charge is -2.29. The van der Waals surface area contributed by atoms with Crippen LogP contribution in [-0.2, 0) is 34.3 Å². The van der Waals surface area contributed by atoms with Gasteiger partial charge in [-0.1, -0.05) is 45.0 Å². The molecule has 0 saturated carbocycles. The minimum absolute atomic E-state index is 0.132. The summed E-state index contributed by atoms with van der Waals surface area (Å²) < 4.78 is 4.83. The van der Waals surface area contributed by atoms with Gasteiger partial charge in [0.25, 0.3) is 0 Å². The molecule has 5 heteroatoms. The normalized spacial score (nSPS) is 13.8. The SMILES string of the molecule is COC(=O)c1cncc2c1CCN(C(=O)CCc1ccc(C(C)(C)C)cc1)C2. The fraction of sp³-hybridized carbons (Fsp3) is 0.435. The Bertz CT molecular complexity index is 866. The van der Waals surface area contributed by atoms with Crippen molar-refractivity contribution < 1.29 is 14.3 Å². The molecule has 3 rings (SSSR count). The number of carbonyl (C=O) groups excluding carboxylic acids is 2. The van der Waals surface area contributed by atoms with E-state index in [1.165, 1.54) is 18.2 Å². The summed E-state index contributed by atoms with van der Waals surface area (Å²) in [6.45, 7) is 7.69. The van der Waals surface area contributed by atoms with Crippen molar-refractivity contribution in [1.82, 2.24) is 9.88 Å². The second-order valence-electron chi connectivity index (χ2n) is 8.33. The largest absolute Gasteiger partial charge is 0.465 e. The van der Waals surface area contributed by atoms with Gasteiger partial charge in [-0.25, -0.2) is 4.79 Å². The van der Waals surface area contributed by atoms with E-state index in [0.717, 1.165) is 17.5 Å². The van der Waals surface area contributed by atoms with Crippen LogP contribution in [0.15, 0.2) is 36.7 Å². The number of pyridine rings is 1. The topological polar surface area (TPSA) is 59.5 Å². The third-order valence-electron chi connectivity index (χ3n) is 5.35. The Morgan fingerprint density at radius 2 is 1.86 bits per heavy atom. The summed E-state index contributed by atoms with van der Waals surface area (Å²) in [5.74, 6) is -0.239. The van der Waals surface area contributed by atoms with Gasteiger partial charge in [-0.05, 0) is 40.5 Å². The molecule has 2 heterocycles. The molecule has 0 radical (unpaired) electrons. The number of rotatable bonds is 4. The van der Waals surface area contributed by atoms with Gasteiger partial charge >= 0.3 is 5.97 Å². The van der Waals surface area contributed by atoms with E-state index in [4.69, 9.17) is 4.74 Å². The first-order valence-electron chi connectivity index (χ1n) is 9.71. The van der Waals surface area contributed by atoms with Crippen LogP contribution in [0.5, 0.6) is 0 Å². The van der Waals surface area contributed by atoms with Gasteiger partial charge in [0.05, 0.1) is 12.7 Å². The Morgan fingerprint density at radius 3 is 2.50 bits per heavy atom. The lowest BCUT2D eigenvalue weighted by atomic mass is 9.86. The third-order valence-corrected chi connectivity index (χ3v) is 5.35. The van der Waals surface area contributed by atoms with E-state index in [0.29, 0.717) is 31.5 Å². The summed E-state index contributed by atoms with van der Waals surface area (Å²) in [4.78, 5) is 30.6. The lowest BCUT2D eigenvalue weighted by molar-refractivity contribution is -0.132. The highest BCUT2D eigenvalue weighted by atomic mass is 16.5. The number of nitrogens with zero attached hydrogens (tertiary/aromatic N) is 2. The van der Waals surface area contributed by atoms with Crippen molar-refractivity contribution in [3.8, 4) is 0 Å². The molecule has 28 heavy (non-hydrogen) atoms. The maximum absolute atomic E-state index is 12.7. The molecule has 0 unspecified atom stereocenters. The van der Waals surface area contributed by atoms with Gasteiger partial charge in [-0.15, -0.1) is 0 Å². The molecule has 1 aromatic carbocycles. The first kappa shape index (κ1) is 20.1. The molecule has 0 saturated heterocycles. The summed E-state index contributed by atoms with van der Waals surface area (Å²) in [7, 11) is 1.37. The molecule has 0 fully saturated rings. The van der Waals surface area contributed by atoms with Gasteiger partial charge in [-0.3, -0.25) is 9.78 Å². The molecular weight excluding hydrogens is 352 g/mol. The van der Waals surface area contributed by atoms with E-state index in [1.807, 2.05) is 4.90 Å². The number of ether oxygens (including phenoxy) is 1. The molecule has 1 aromatic heterocycles. The van der Waals surface area contributed by atoms with E-state index in [-0.39, 0.29) is 17.3 Å². The predicted octanol–water partition coefficient (Wildman–Crippen LogP) is 3.68. The number of hydrogen-bond donors (Lipinski definition) is 0. The monoisotopic (exact) mass is 380 g/mol. The first-order chi connectivity index (χ1) is 13.3. The molecule has 1 aliphatic rings. The molecule has 0 N–H and O–H groups in total. The van der Waals surface area contributed by atoms with Crippen LogP contribution in [0.2, 0.25) is 0 Å². The summed E-state index contributed by atoms with van der Waals surface area (Å²) in [6, 6.07) is 8.53. The molecule has 2 aromatic rings. The smallest absolute Gasteiger partial charge is 0.339 e. The summed E-state index contributed by atoms with van der Waals surface area (Å²) in [5, 5.41) is 0. The third kappa shape index (κ3) is 4.41. The molecule has 148 valence electrons. The minimum atomic E-state index is -0.372. The fourth-order valence-corrected chi connectivity index (χ4v) is 3.57. The number of benzene rings is 1. The molecule has 0 spiro atoms. The van der Waals surface area contributed by atoms with Crippen LogP contribution in [0.1, 0.15) is 59.8 Å². The Hall–Kier alpha value is -2.69. The predicted molar refractivity (Wildman–Crippen MR) is 108 cm³/mol. The quantitative estimate of drug-likeness (QED) is 0.759. The number of esters is 1. The van der Waals surface area contributed by atoms with E-state index in [2.05, 4.69) is 50.0 Å². The number of hydrogen-bond acceptors (Lipinski definition) is 4. The van der Waals surface area contributed by atoms with Crippen molar-refractivity contribution in [3.63, 3.8) is 0 Å². The zero-order valence-corrected chi connectivity index (χ0v) is 17.1. The zero-order chi connectivity index (χ0) is 20.3. The summed E-state index contributed by atoms with van der Waals surface area (Å²) >= 11 is 0. The van der Waals surface area contributed by atoms with Crippen molar-refractivity contribution in [2.24, 2.45) is 0 Å². The molecule has 0 aliphatic carbocycles. The molecule has 1 amide bonds. The standard InChI is InChI=1S/C23H28N2O3/c1-23(2,3)18-8-5-16(6-9-18)7-10-21(26)25-12-11-19-17(15-25)13-24-14-20(19)22(27)28-4/h5-6,8-9,13-14H,7,10-12,15H2,1-4H3. The summed E-state index contributed by atoms with van der Waals surface area (Å²) in [5.41, 5.74) is 4.98. The average molecular weight is 380 g/mol. The highest BCUT2D eigenvalue weighted by Gasteiger charge is 2.25. The van der Waals surface area contributed by atoms with Gasteiger partial charge < -0.3 is 9.64 Å². The lowest BCUT2D eigenvalue weighted by Crippen LogP contribution is -2.36. The average Bonchev–Trinajstić information content (AvgIpc) is 2.70. The van der Waals surface area contributed by atoms with Crippen LogP contribution in [-0.4, -0.2) is 35.4 Å². The minimum Gasteiger partial charge on any atom is -0.465 e. The Morgan fingerprint density at radius 1 is 1.14 bits per heavy atom. The Kier molecular flexibility index (Phi) is 5.82. The maximum Gasteiger partial charge on any atom is 0.339 e. The second-order valence-corrected chi connectivity index (χ2v) is 8.33. The van der Waals surface area contributed by atoms with E-state index in [1.54, 1.807) is 12.4 Å². The number of amides is 1. The number of methoxy groups -OCH3 is 1. The van der Waals surface area contributed by atoms with Crippen LogP contribution in [0, 0.1) is 0 Å². The Balaban J connectivity index is 1.62. The van der Waals surface area contributed by atoms with Crippen LogP contribution >= 0.6 is 0 Å². The van der Waals surface area contributed by atoms with E-state index >= 15 is 0 Å². The fourth-order valence-electron chi connectivity index (χ4n) is 3.57. The molecule has 0 atom stereocenters. The van der Waals surface area contributed by atoms with Crippen molar-refractivity contribution in [1.29, 1.82) is 0 Å². The highest BCUT2D eigenvalue weighted by molar-refractivity contribution is 5.91. The Labute approximate surface area is 166 Å². The molecular formula is C23H28N2O3. The van der Waals surface area contributed by atoms with Gasteiger partial charge in [-0.2, -0.15) is 0 Å². The van der Waals surface area contributed by atoms with Gasteiger partial charge in [0.15, 0.2) is 0 Å². The summed E-state index contributed by atoms with van der Waals surface area (Å²) in [6.07, 6.45) is 5.14. The van der Waals surface area contributed by atoms with Crippen molar-refractivity contribution in [2.75, 3.05) is 13.7 Å².